The third-order valence-corrected chi connectivity index (χ3v) is 5.01. The average molecular weight is 299 g/mol. The summed E-state index contributed by atoms with van der Waals surface area (Å²) in [6, 6.07) is 0. The number of alkyl halides is 2. The second-order valence-electron chi connectivity index (χ2n) is 3.26. The molecule has 1 heterocycles. The second-order valence-corrected chi connectivity index (χ2v) is 6.11. The molecule has 3 unspecified atom stereocenters. The predicted octanol–water partition coefficient (Wildman–Crippen LogP) is -2.19. The predicted molar refractivity (Wildman–Crippen MR) is 45.3 cm³/mol. The third kappa shape index (κ3) is 3.42. The molecule has 1 saturated heterocycles. The van der Waals surface area contributed by atoms with Crippen molar-refractivity contribution >= 4 is 5.97 Å². The van der Waals surface area contributed by atoms with Crippen LogP contribution in [0.3, 0.4) is 0 Å². The molecule has 3 atom stereocenters. The fraction of sp³-hybridized carbons (Fsp3) is 0.889. The number of hydrogen-bond donors (Lipinski definition) is 0. The van der Waals surface area contributed by atoms with E-state index in [-0.39, 0.29) is 33.3 Å². The zero-order chi connectivity index (χ0) is 9.84. The van der Waals surface area contributed by atoms with Crippen molar-refractivity contribution in [2.75, 3.05) is 11.5 Å². The maximum atomic E-state index is 10.8. The Balaban J connectivity index is 2.47. The van der Waals surface area contributed by atoms with Gasteiger partial charge >= 0.3 is 89.4 Å². The van der Waals surface area contributed by atoms with Gasteiger partial charge in [-0.05, 0) is 0 Å². The summed E-state index contributed by atoms with van der Waals surface area (Å²) >= 11 is 0.130. The molecule has 0 spiro atoms. The first kappa shape index (κ1) is 11.2. The molecule has 0 aromatic rings. The van der Waals surface area contributed by atoms with Crippen LogP contribution in [0.15, 0.2) is 0 Å². The molecular formula is C9H16IO3-. The summed E-state index contributed by atoms with van der Waals surface area (Å²) in [7, 11) is 0. The second kappa shape index (κ2) is 5.14. The van der Waals surface area contributed by atoms with Crippen LogP contribution in [0, 0.1) is 0 Å². The van der Waals surface area contributed by atoms with Gasteiger partial charge in [0.1, 0.15) is 0 Å². The molecule has 4 heteroatoms. The van der Waals surface area contributed by atoms with E-state index in [1.165, 1.54) is 6.92 Å². The Bertz CT molecular complexity index is 184. The fourth-order valence-electron chi connectivity index (χ4n) is 1.45. The average Bonchev–Trinajstić information content (AvgIpc) is 2.07. The van der Waals surface area contributed by atoms with Crippen molar-refractivity contribution in [1.82, 2.24) is 0 Å². The van der Waals surface area contributed by atoms with Crippen molar-refractivity contribution in [3.63, 3.8) is 0 Å². The molecule has 1 aliphatic rings. The van der Waals surface area contributed by atoms with E-state index in [4.69, 9.17) is 9.47 Å². The monoisotopic (exact) mass is 299 g/mol. The number of carbonyl (C=O) groups excluding carboxylic acids is 1. The first-order valence-electron chi connectivity index (χ1n) is 4.40. The molecule has 0 saturated carbocycles. The summed E-state index contributed by atoms with van der Waals surface area (Å²) in [6.07, 6.45) is 1.39. The molecule has 1 aliphatic heterocycles. The maximum absolute atomic E-state index is 10.8. The molecule has 1 rings (SSSR count). The number of rotatable bonds is 2. The van der Waals surface area contributed by atoms with Gasteiger partial charge in [-0.3, -0.25) is 0 Å². The van der Waals surface area contributed by atoms with E-state index in [1.807, 2.05) is 0 Å². The van der Waals surface area contributed by atoms with E-state index in [2.05, 4.69) is 11.9 Å². The van der Waals surface area contributed by atoms with Gasteiger partial charge in [0.2, 0.25) is 0 Å². The van der Waals surface area contributed by atoms with Crippen molar-refractivity contribution in [3.8, 4) is 0 Å². The molecule has 0 radical (unpaired) electrons. The SMILES string of the molecule is C[I-]C1CC(C)OCC1OC(C)=O. The Labute approximate surface area is 89.4 Å². The van der Waals surface area contributed by atoms with Gasteiger partial charge in [-0.25, -0.2) is 0 Å². The molecule has 0 bridgehead atoms. The van der Waals surface area contributed by atoms with Gasteiger partial charge in [-0.1, -0.05) is 0 Å². The fourth-order valence-corrected chi connectivity index (χ4v) is 3.83. The van der Waals surface area contributed by atoms with Crippen LogP contribution in [0.2, 0.25) is 0 Å². The number of hydrogen-bond acceptors (Lipinski definition) is 3. The van der Waals surface area contributed by atoms with Gasteiger partial charge in [-0.15, -0.1) is 0 Å². The van der Waals surface area contributed by atoms with Crippen LogP contribution in [-0.2, 0) is 14.3 Å². The van der Waals surface area contributed by atoms with Gasteiger partial charge in [-0.2, -0.15) is 0 Å². The van der Waals surface area contributed by atoms with E-state index >= 15 is 0 Å². The molecule has 78 valence electrons. The first-order valence-corrected chi connectivity index (χ1v) is 7.80. The molecule has 0 amide bonds. The summed E-state index contributed by atoms with van der Waals surface area (Å²) in [6.45, 7) is 4.12. The molecular weight excluding hydrogens is 283 g/mol. The molecule has 0 aliphatic carbocycles. The Morgan fingerprint density at radius 1 is 1.62 bits per heavy atom. The zero-order valence-corrected chi connectivity index (χ0v) is 10.4. The molecule has 0 aromatic carbocycles. The number of halogens is 1. The number of esters is 1. The van der Waals surface area contributed by atoms with E-state index in [9.17, 15) is 4.79 Å². The first-order chi connectivity index (χ1) is 6.13. The summed E-state index contributed by atoms with van der Waals surface area (Å²) < 4.78 is 11.2. The van der Waals surface area contributed by atoms with Gasteiger partial charge in [0, 0.05) is 0 Å². The van der Waals surface area contributed by atoms with Crippen molar-refractivity contribution in [3.05, 3.63) is 0 Å². The van der Waals surface area contributed by atoms with Crippen LogP contribution in [-0.4, -0.2) is 33.6 Å². The molecule has 0 N–H and O–H groups in total. The standard InChI is InChI=1S/C9H16IO3/c1-6-4-8(10-3)9(5-12-6)13-7(2)11/h6,8-9H,4-5H2,1-3H3/q-1. The van der Waals surface area contributed by atoms with Crippen LogP contribution < -0.4 is 21.2 Å². The van der Waals surface area contributed by atoms with E-state index in [0.29, 0.717) is 16.6 Å². The molecule has 3 nitrogen and oxygen atoms in total. The van der Waals surface area contributed by atoms with Crippen molar-refractivity contribution in [1.29, 1.82) is 0 Å². The van der Waals surface area contributed by atoms with Crippen molar-refractivity contribution in [2.45, 2.75) is 36.4 Å². The molecule has 0 aromatic heterocycles. The van der Waals surface area contributed by atoms with Crippen molar-refractivity contribution in [2.24, 2.45) is 0 Å². The summed E-state index contributed by atoms with van der Waals surface area (Å²) in [5.41, 5.74) is 0. The van der Waals surface area contributed by atoms with E-state index < -0.39 is 0 Å². The zero-order valence-electron chi connectivity index (χ0n) is 8.25. The van der Waals surface area contributed by atoms with Gasteiger partial charge in [0.05, 0.1) is 0 Å². The van der Waals surface area contributed by atoms with E-state index in [0.717, 1.165) is 6.42 Å². The van der Waals surface area contributed by atoms with E-state index in [1.54, 1.807) is 0 Å². The quantitative estimate of drug-likeness (QED) is 0.330. The Morgan fingerprint density at radius 2 is 2.31 bits per heavy atom. The molecule has 13 heavy (non-hydrogen) atoms. The number of ether oxygens (including phenoxy) is 2. The topological polar surface area (TPSA) is 35.5 Å². The van der Waals surface area contributed by atoms with Crippen LogP contribution >= 0.6 is 0 Å². The minimum absolute atomic E-state index is 0.0199. The van der Waals surface area contributed by atoms with Crippen LogP contribution in [0.4, 0.5) is 0 Å². The molecule has 1 fully saturated rings. The van der Waals surface area contributed by atoms with Crippen molar-refractivity contribution < 1.29 is 35.5 Å². The van der Waals surface area contributed by atoms with Crippen LogP contribution in [0.25, 0.3) is 0 Å². The summed E-state index contributed by atoms with van der Waals surface area (Å²) in [5.74, 6) is -0.189. The third-order valence-electron chi connectivity index (χ3n) is 2.10. The number of carbonyl (C=O) groups is 1. The Hall–Kier alpha value is 0.160. The van der Waals surface area contributed by atoms with Gasteiger partial charge < -0.3 is 0 Å². The van der Waals surface area contributed by atoms with Gasteiger partial charge in [0.15, 0.2) is 0 Å². The summed E-state index contributed by atoms with van der Waals surface area (Å²) in [4.78, 5) is 13.0. The van der Waals surface area contributed by atoms with Crippen LogP contribution in [0.1, 0.15) is 20.3 Å². The normalized spacial score (nSPS) is 34.5. The summed E-state index contributed by atoms with van der Waals surface area (Å²) in [5, 5.41) is 0. The van der Waals surface area contributed by atoms with Gasteiger partial charge in [0.25, 0.3) is 0 Å². The van der Waals surface area contributed by atoms with Crippen LogP contribution in [0.5, 0.6) is 0 Å². The Kier molecular flexibility index (Phi) is 4.45. The minimum atomic E-state index is -0.189. The Morgan fingerprint density at radius 3 is 2.85 bits per heavy atom.